The second kappa shape index (κ2) is 4.99. The van der Waals surface area contributed by atoms with Gasteiger partial charge in [-0.25, -0.2) is 0 Å². The van der Waals surface area contributed by atoms with Crippen LogP contribution in [0.25, 0.3) is 0 Å². The Morgan fingerprint density at radius 1 is 1.24 bits per heavy atom. The molecule has 1 aromatic rings. The number of nitrogens with one attached hydrogen (secondary N) is 1. The van der Waals surface area contributed by atoms with Crippen LogP contribution in [0.5, 0.6) is 0 Å². The Kier molecular flexibility index (Phi) is 3.89. The van der Waals surface area contributed by atoms with Crippen LogP contribution in [-0.4, -0.2) is 23.5 Å². The number of carboxylic acids is 1. The number of hydrogen-bond acceptors (Lipinski definition) is 2. The maximum Gasteiger partial charge on any atom is 0.322 e. The van der Waals surface area contributed by atoms with E-state index < -0.39 is 11.4 Å². The predicted molar refractivity (Wildman–Crippen MR) is 64.9 cm³/mol. The summed E-state index contributed by atoms with van der Waals surface area (Å²) in [6.07, 6.45) is 0. The molecular weight excluding hydrogens is 218 g/mol. The van der Waals surface area contributed by atoms with Gasteiger partial charge in [-0.05, 0) is 26.3 Å². The van der Waals surface area contributed by atoms with Gasteiger partial charge in [0.1, 0.15) is 6.54 Å². The third-order valence-electron chi connectivity index (χ3n) is 2.74. The summed E-state index contributed by atoms with van der Waals surface area (Å²) in [5.41, 5.74) is 1.25. The largest absolute Gasteiger partial charge is 0.480 e. The van der Waals surface area contributed by atoms with E-state index in [4.69, 9.17) is 5.11 Å². The first-order valence-electron chi connectivity index (χ1n) is 5.41. The Hall–Kier alpha value is -1.84. The summed E-state index contributed by atoms with van der Waals surface area (Å²) in [5.74, 6) is -1.33. The maximum absolute atomic E-state index is 11.9. The van der Waals surface area contributed by atoms with Gasteiger partial charge in [-0.3, -0.25) is 9.59 Å². The van der Waals surface area contributed by atoms with Crippen molar-refractivity contribution in [3.8, 4) is 0 Å². The monoisotopic (exact) mass is 235 g/mol. The van der Waals surface area contributed by atoms with Gasteiger partial charge in [-0.15, -0.1) is 0 Å². The third kappa shape index (κ3) is 3.31. The molecule has 0 saturated heterocycles. The normalized spacial score (nSPS) is 11.0. The van der Waals surface area contributed by atoms with Gasteiger partial charge < -0.3 is 10.4 Å². The van der Waals surface area contributed by atoms with E-state index in [1.807, 2.05) is 31.2 Å². The first-order valence-corrected chi connectivity index (χ1v) is 5.41. The first-order chi connectivity index (χ1) is 7.84. The van der Waals surface area contributed by atoms with Gasteiger partial charge >= 0.3 is 5.97 Å². The van der Waals surface area contributed by atoms with Crippen molar-refractivity contribution in [2.24, 2.45) is 0 Å². The fourth-order valence-corrected chi connectivity index (χ4v) is 1.48. The van der Waals surface area contributed by atoms with Crippen molar-refractivity contribution in [2.75, 3.05) is 6.54 Å². The standard InChI is InChI=1S/C13H17NO3/c1-9-4-6-10(7-5-9)13(2,3)12(17)14-8-11(15)16/h4-7H,8H2,1-3H3,(H,14,17)(H,15,16). The quantitative estimate of drug-likeness (QED) is 0.830. The number of aliphatic carboxylic acids is 1. The fraction of sp³-hybridized carbons (Fsp3) is 0.385. The molecule has 0 aliphatic rings. The molecule has 1 rings (SSSR count). The Labute approximate surface area is 101 Å². The predicted octanol–water partition coefficient (Wildman–Crippen LogP) is 1.47. The summed E-state index contributed by atoms with van der Waals surface area (Å²) in [6.45, 7) is 5.17. The molecule has 0 atom stereocenters. The molecule has 0 spiro atoms. The Morgan fingerprint density at radius 3 is 2.24 bits per heavy atom. The molecule has 2 N–H and O–H groups in total. The fourth-order valence-electron chi connectivity index (χ4n) is 1.48. The second-order valence-electron chi connectivity index (χ2n) is 4.57. The lowest BCUT2D eigenvalue weighted by Crippen LogP contribution is -2.42. The van der Waals surface area contributed by atoms with Crippen LogP contribution in [0.1, 0.15) is 25.0 Å². The minimum Gasteiger partial charge on any atom is -0.480 e. The van der Waals surface area contributed by atoms with Gasteiger partial charge in [0, 0.05) is 0 Å². The number of aryl methyl sites for hydroxylation is 1. The molecule has 0 saturated carbocycles. The van der Waals surface area contributed by atoms with Crippen molar-refractivity contribution in [3.63, 3.8) is 0 Å². The van der Waals surface area contributed by atoms with Crippen LogP contribution < -0.4 is 5.32 Å². The van der Waals surface area contributed by atoms with Crippen molar-refractivity contribution in [1.82, 2.24) is 5.32 Å². The molecule has 4 heteroatoms. The van der Waals surface area contributed by atoms with Crippen LogP contribution in [0.15, 0.2) is 24.3 Å². The Morgan fingerprint density at radius 2 is 1.76 bits per heavy atom. The summed E-state index contributed by atoms with van der Waals surface area (Å²) in [6, 6.07) is 7.63. The lowest BCUT2D eigenvalue weighted by molar-refractivity contribution is -0.138. The molecular formula is C13H17NO3. The van der Waals surface area contributed by atoms with Gasteiger partial charge in [-0.2, -0.15) is 0 Å². The van der Waals surface area contributed by atoms with E-state index in [0.29, 0.717) is 0 Å². The number of carbonyl (C=O) groups excluding carboxylic acids is 1. The molecule has 92 valence electrons. The van der Waals surface area contributed by atoms with Gasteiger partial charge in [0.2, 0.25) is 5.91 Å². The highest BCUT2D eigenvalue weighted by molar-refractivity contribution is 5.89. The lowest BCUT2D eigenvalue weighted by atomic mass is 9.83. The zero-order valence-corrected chi connectivity index (χ0v) is 10.3. The summed E-state index contributed by atoms with van der Waals surface area (Å²) in [4.78, 5) is 22.3. The average Bonchev–Trinajstić information content (AvgIpc) is 2.26. The smallest absolute Gasteiger partial charge is 0.322 e. The molecule has 4 nitrogen and oxygen atoms in total. The van der Waals surface area contributed by atoms with Crippen LogP contribution in [0.4, 0.5) is 0 Å². The number of benzene rings is 1. The number of carbonyl (C=O) groups is 2. The van der Waals surface area contributed by atoms with E-state index in [9.17, 15) is 9.59 Å². The summed E-state index contributed by atoms with van der Waals surface area (Å²) in [5, 5.41) is 10.9. The van der Waals surface area contributed by atoms with E-state index in [1.165, 1.54) is 0 Å². The molecule has 0 unspecified atom stereocenters. The van der Waals surface area contributed by atoms with Crippen molar-refractivity contribution in [3.05, 3.63) is 35.4 Å². The number of carboxylic acid groups (broad SMARTS) is 1. The van der Waals surface area contributed by atoms with Crippen LogP contribution in [0, 0.1) is 6.92 Å². The van der Waals surface area contributed by atoms with Crippen molar-refractivity contribution < 1.29 is 14.7 Å². The van der Waals surface area contributed by atoms with Crippen molar-refractivity contribution in [2.45, 2.75) is 26.2 Å². The molecule has 0 aromatic heterocycles. The van der Waals surface area contributed by atoms with Crippen LogP contribution >= 0.6 is 0 Å². The lowest BCUT2D eigenvalue weighted by Gasteiger charge is -2.23. The summed E-state index contributed by atoms with van der Waals surface area (Å²) < 4.78 is 0. The average molecular weight is 235 g/mol. The molecule has 0 radical (unpaired) electrons. The summed E-state index contributed by atoms with van der Waals surface area (Å²) >= 11 is 0. The highest BCUT2D eigenvalue weighted by atomic mass is 16.4. The molecule has 0 bridgehead atoms. The molecule has 0 aliphatic carbocycles. The van der Waals surface area contributed by atoms with Gasteiger partial charge in [0.25, 0.3) is 0 Å². The van der Waals surface area contributed by atoms with E-state index in [2.05, 4.69) is 5.32 Å². The molecule has 0 aliphatic heterocycles. The molecule has 17 heavy (non-hydrogen) atoms. The van der Waals surface area contributed by atoms with Crippen LogP contribution in [-0.2, 0) is 15.0 Å². The molecule has 1 aromatic carbocycles. The third-order valence-corrected chi connectivity index (χ3v) is 2.74. The van der Waals surface area contributed by atoms with Gasteiger partial charge in [0.05, 0.1) is 5.41 Å². The van der Waals surface area contributed by atoms with E-state index >= 15 is 0 Å². The van der Waals surface area contributed by atoms with Gasteiger partial charge in [-0.1, -0.05) is 29.8 Å². The summed E-state index contributed by atoms with van der Waals surface area (Å²) in [7, 11) is 0. The molecule has 1 amide bonds. The molecule has 0 heterocycles. The molecule has 0 fully saturated rings. The van der Waals surface area contributed by atoms with Crippen molar-refractivity contribution >= 4 is 11.9 Å². The Balaban J connectivity index is 2.82. The van der Waals surface area contributed by atoms with Crippen LogP contribution in [0.2, 0.25) is 0 Å². The van der Waals surface area contributed by atoms with E-state index in [-0.39, 0.29) is 12.5 Å². The van der Waals surface area contributed by atoms with Crippen LogP contribution in [0.3, 0.4) is 0 Å². The Bertz CT molecular complexity index is 421. The van der Waals surface area contributed by atoms with Gasteiger partial charge in [0.15, 0.2) is 0 Å². The number of rotatable bonds is 4. The number of amides is 1. The van der Waals surface area contributed by atoms with Crippen molar-refractivity contribution in [1.29, 1.82) is 0 Å². The van der Waals surface area contributed by atoms with E-state index in [0.717, 1.165) is 11.1 Å². The highest BCUT2D eigenvalue weighted by Crippen LogP contribution is 2.23. The zero-order valence-electron chi connectivity index (χ0n) is 10.3. The first kappa shape index (κ1) is 13.2. The highest BCUT2D eigenvalue weighted by Gasteiger charge is 2.29. The topological polar surface area (TPSA) is 66.4 Å². The number of hydrogen-bond donors (Lipinski definition) is 2. The minimum atomic E-state index is -1.04. The zero-order chi connectivity index (χ0) is 13.1. The SMILES string of the molecule is Cc1ccc(C(C)(C)C(=O)NCC(=O)O)cc1. The minimum absolute atomic E-state index is 0.288. The second-order valence-corrected chi connectivity index (χ2v) is 4.57. The van der Waals surface area contributed by atoms with E-state index in [1.54, 1.807) is 13.8 Å². The maximum atomic E-state index is 11.9.